The topological polar surface area (TPSA) is 155 Å². The Balaban J connectivity index is 1.57. The molecule has 0 saturated carbocycles. The molecule has 13 nitrogen and oxygen atoms in total. The standard InChI is InChI=1S/C35H51BN6O7/c1-8-28-34(6)31(42(33(46)49-34)17-12-11-16-41-21-27(39-40-41)26-13-9-10-15-37-26)25(5)38-20-22(2)19-35(47-7,14-18-43)30(36)23(3)29(44)24(4)32(45)48-28/h9-10,13,15,18,21-25,28,30-31,38H,8,11-12,14,16-17,19-20H2,1-7H3/t22-,23+,24-,25-,28-,30-,31-,34-,35-/m1/s1. The number of nitrogens with zero attached hydrogens (tertiary/aromatic N) is 5. The number of carbonyl (C=O) groups excluding carboxylic acids is 4. The maximum absolute atomic E-state index is 13.6. The Morgan fingerprint density at radius 2 is 1.86 bits per heavy atom. The molecule has 4 heterocycles. The molecule has 2 aliphatic heterocycles. The molecular formula is C35H51BN6O7. The number of ketones is 1. The zero-order valence-corrected chi connectivity index (χ0v) is 29.8. The van der Waals surface area contributed by atoms with Crippen LogP contribution in [0.15, 0.2) is 30.6 Å². The molecule has 49 heavy (non-hydrogen) atoms. The number of aryl methyl sites for hydroxylation is 1. The third-order valence-corrected chi connectivity index (χ3v) is 10.4. The third-order valence-electron chi connectivity index (χ3n) is 10.4. The highest BCUT2D eigenvalue weighted by Crippen LogP contribution is 2.42. The number of Topliss-reactive ketones (excluding diaryl/α,β-unsaturated/α-hetero) is 1. The third kappa shape index (κ3) is 8.23. The predicted octanol–water partition coefficient (Wildman–Crippen LogP) is 3.81. The summed E-state index contributed by atoms with van der Waals surface area (Å²) < 4.78 is 19.8. The Labute approximate surface area is 290 Å². The maximum Gasteiger partial charge on any atom is 0.410 e. The van der Waals surface area contributed by atoms with Crippen LogP contribution in [0.25, 0.3) is 11.4 Å². The molecule has 2 fully saturated rings. The maximum atomic E-state index is 13.6. The van der Waals surface area contributed by atoms with E-state index in [9.17, 15) is 19.2 Å². The molecule has 2 aliphatic rings. The van der Waals surface area contributed by atoms with Gasteiger partial charge in [0.2, 0.25) is 0 Å². The van der Waals surface area contributed by atoms with E-state index in [0.29, 0.717) is 44.6 Å². The van der Waals surface area contributed by atoms with Gasteiger partial charge in [-0.15, -0.1) is 5.10 Å². The van der Waals surface area contributed by atoms with Crippen molar-refractivity contribution in [1.82, 2.24) is 30.2 Å². The van der Waals surface area contributed by atoms with Gasteiger partial charge in [-0.25, -0.2) is 4.79 Å². The Kier molecular flexibility index (Phi) is 12.8. The van der Waals surface area contributed by atoms with Crippen molar-refractivity contribution in [2.75, 3.05) is 20.2 Å². The Hall–Kier alpha value is -3.65. The number of nitrogens with one attached hydrogen (secondary N) is 1. The fourth-order valence-electron chi connectivity index (χ4n) is 7.53. The van der Waals surface area contributed by atoms with Gasteiger partial charge in [0.25, 0.3) is 0 Å². The van der Waals surface area contributed by atoms with Crippen molar-refractivity contribution >= 4 is 32.0 Å². The van der Waals surface area contributed by atoms with Crippen molar-refractivity contribution in [3.05, 3.63) is 30.6 Å². The van der Waals surface area contributed by atoms with Crippen molar-refractivity contribution in [2.24, 2.45) is 17.8 Å². The van der Waals surface area contributed by atoms with Crippen LogP contribution >= 0.6 is 0 Å². The number of hydrogen-bond donors (Lipinski definition) is 1. The van der Waals surface area contributed by atoms with Gasteiger partial charge in [-0.2, -0.15) is 0 Å². The Morgan fingerprint density at radius 3 is 2.51 bits per heavy atom. The second kappa shape index (κ2) is 16.4. The summed E-state index contributed by atoms with van der Waals surface area (Å²) in [7, 11) is 8.17. The summed E-state index contributed by atoms with van der Waals surface area (Å²) in [6.45, 7) is 12.3. The van der Waals surface area contributed by atoms with Gasteiger partial charge in [-0.3, -0.25) is 24.2 Å². The average Bonchev–Trinajstić information content (AvgIpc) is 3.67. The van der Waals surface area contributed by atoms with Gasteiger partial charge in [0.1, 0.15) is 29.8 Å². The lowest BCUT2D eigenvalue weighted by atomic mass is 9.61. The summed E-state index contributed by atoms with van der Waals surface area (Å²) in [6, 6.07) is 4.82. The number of rotatable bonds is 10. The number of aldehydes is 1. The minimum atomic E-state index is -1.21. The van der Waals surface area contributed by atoms with Crippen molar-refractivity contribution in [2.45, 2.75) is 115 Å². The minimum Gasteiger partial charge on any atom is -0.458 e. The largest absolute Gasteiger partial charge is 0.458 e. The van der Waals surface area contributed by atoms with E-state index in [4.69, 9.17) is 22.1 Å². The van der Waals surface area contributed by atoms with Crippen LogP contribution in [-0.4, -0.2) is 106 Å². The summed E-state index contributed by atoms with van der Waals surface area (Å²) in [4.78, 5) is 58.6. The van der Waals surface area contributed by atoms with E-state index in [1.165, 1.54) is 14.0 Å². The molecule has 4 rings (SSSR count). The molecule has 2 aromatic heterocycles. The molecule has 1 amide bonds. The van der Waals surface area contributed by atoms with Crippen molar-refractivity contribution in [1.29, 1.82) is 0 Å². The van der Waals surface area contributed by atoms with Gasteiger partial charge in [0.15, 0.2) is 5.60 Å². The van der Waals surface area contributed by atoms with Crippen LogP contribution in [0.2, 0.25) is 5.82 Å². The Morgan fingerprint density at radius 1 is 1.12 bits per heavy atom. The van der Waals surface area contributed by atoms with Crippen LogP contribution in [0.1, 0.15) is 73.6 Å². The number of fused-ring (bicyclic) bond motifs is 1. The van der Waals surface area contributed by atoms with Gasteiger partial charge in [-0.05, 0) is 76.9 Å². The number of esters is 1. The highest BCUT2D eigenvalue weighted by atomic mass is 16.6. The molecule has 2 aromatic rings. The first-order chi connectivity index (χ1) is 23.3. The van der Waals surface area contributed by atoms with E-state index in [2.05, 4.69) is 20.6 Å². The highest BCUT2D eigenvalue weighted by molar-refractivity contribution is 6.16. The molecular weight excluding hydrogens is 627 g/mol. The molecule has 0 bridgehead atoms. The second-order valence-electron chi connectivity index (χ2n) is 13.9. The first-order valence-electron chi connectivity index (χ1n) is 17.3. The number of unbranched alkanes of at least 4 members (excludes halogenated alkanes) is 1. The highest BCUT2D eigenvalue weighted by Gasteiger charge is 2.58. The summed E-state index contributed by atoms with van der Waals surface area (Å²) in [5.41, 5.74) is -0.899. The van der Waals surface area contributed by atoms with E-state index < -0.39 is 58.8 Å². The van der Waals surface area contributed by atoms with E-state index in [0.717, 1.165) is 18.4 Å². The van der Waals surface area contributed by atoms with E-state index in [-0.39, 0.29) is 18.4 Å². The minimum absolute atomic E-state index is 0.00518. The molecule has 0 unspecified atom stereocenters. The lowest BCUT2D eigenvalue weighted by molar-refractivity contribution is -0.170. The molecule has 9 atom stereocenters. The van der Waals surface area contributed by atoms with E-state index in [1.807, 2.05) is 45.2 Å². The van der Waals surface area contributed by atoms with Crippen LogP contribution in [0, 0.1) is 17.8 Å². The van der Waals surface area contributed by atoms with Crippen LogP contribution < -0.4 is 5.32 Å². The molecule has 0 aromatic carbocycles. The quantitative estimate of drug-likeness (QED) is 0.128. The summed E-state index contributed by atoms with van der Waals surface area (Å²) >= 11 is 0. The number of aromatic nitrogens is 4. The fourth-order valence-corrected chi connectivity index (χ4v) is 7.53. The molecule has 14 heteroatoms. The fraction of sp³-hybridized carbons (Fsp3) is 0.686. The normalized spacial score (nSPS) is 33.2. The first kappa shape index (κ1) is 38.2. The van der Waals surface area contributed by atoms with Crippen molar-refractivity contribution in [3.63, 3.8) is 0 Å². The molecule has 266 valence electrons. The first-order valence-corrected chi connectivity index (χ1v) is 17.3. The SMILES string of the molecule is [B][C@@H]1[C@@H](C)C(=O)[C@@H](C)C(=O)O[C@H](CC)[C@@]2(C)OC(=O)N(CCCCn3cc(-c4ccccn4)nn3)[C@@H]2[C@@H](C)NC[C@H](C)C[C@@]1(CC=O)OC. The van der Waals surface area contributed by atoms with Crippen LogP contribution in [-0.2, 0) is 35.1 Å². The monoisotopic (exact) mass is 678 g/mol. The number of cyclic esters (lactones) is 1. The molecule has 2 radical (unpaired) electrons. The van der Waals surface area contributed by atoms with Gasteiger partial charge in [0, 0.05) is 44.8 Å². The van der Waals surface area contributed by atoms with Crippen LogP contribution in [0.4, 0.5) is 4.79 Å². The number of methoxy groups -OCH3 is 1. The summed E-state index contributed by atoms with van der Waals surface area (Å²) in [5, 5.41) is 12.1. The molecule has 0 spiro atoms. The lowest BCUT2D eigenvalue weighted by Gasteiger charge is -2.42. The molecule has 2 saturated heterocycles. The van der Waals surface area contributed by atoms with Gasteiger partial charge in [0.05, 0.1) is 31.4 Å². The zero-order chi connectivity index (χ0) is 35.9. The Bertz CT molecular complexity index is 1440. The average molecular weight is 679 g/mol. The second-order valence-corrected chi connectivity index (χ2v) is 13.9. The van der Waals surface area contributed by atoms with Gasteiger partial charge in [-0.1, -0.05) is 32.1 Å². The van der Waals surface area contributed by atoms with E-state index in [1.54, 1.807) is 29.6 Å². The number of ether oxygens (including phenoxy) is 3. The molecule has 1 N–H and O–H groups in total. The smallest absolute Gasteiger partial charge is 0.410 e. The van der Waals surface area contributed by atoms with Crippen molar-refractivity contribution < 1.29 is 33.4 Å². The van der Waals surface area contributed by atoms with Crippen LogP contribution in [0.5, 0.6) is 0 Å². The number of amides is 1. The number of pyridine rings is 1. The van der Waals surface area contributed by atoms with Gasteiger partial charge >= 0.3 is 12.1 Å². The zero-order valence-electron chi connectivity index (χ0n) is 29.8. The lowest BCUT2D eigenvalue weighted by Crippen LogP contribution is -2.61. The predicted molar refractivity (Wildman–Crippen MR) is 183 cm³/mol. The molecule has 0 aliphatic carbocycles. The van der Waals surface area contributed by atoms with Crippen molar-refractivity contribution in [3.8, 4) is 11.4 Å². The number of carbonyl (C=O) groups is 4. The summed E-state index contributed by atoms with van der Waals surface area (Å²) in [5.74, 6) is -3.93. The number of hydrogen-bond acceptors (Lipinski definition) is 11. The van der Waals surface area contributed by atoms with Gasteiger partial charge < -0.3 is 24.3 Å². The summed E-state index contributed by atoms with van der Waals surface area (Å²) in [6.07, 6.45) is 5.13. The van der Waals surface area contributed by atoms with E-state index >= 15 is 0 Å². The van der Waals surface area contributed by atoms with Crippen LogP contribution in [0.3, 0.4) is 0 Å².